The number of nitrogens with zero attached hydrogens (tertiary/aromatic N) is 1. The molecule has 0 saturated heterocycles. The highest BCUT2D eigenvalue weighted by atomic mass is 79.9. The van der Waals surface area contributed by atoms with Gasteiger partial charge in [0.1, 0.15) is 10.8 Å². The van der Waals surface area contributed by atoms with Crippen LogP contribution in [0.4, 0.5) is 5.69 Å². The van der Waals surface area contributed by atoms with Crippen LogP contribution in [0.1, 0.15) is 10.4 Å². The number of hydrogen-bond acceptors (Lipinski definition) is 4. The van der Waals surface area contributed by atoms with Crippen LogP contribution in [-0.4, -0.2) is 16.0 Å². The van der Waals surface area contributed by atoms with Crippen LogP contribution in [-0.2, 0) is 0 Å². The van der Waals surface area contributed by atoms with E-state index in [9.17, 15) is 9.90 Å². The number of carbonyl (C=O) groups is 1. The van der Waals surface area contributed by atoms with E-state index in [1.165, 1.54) is 11.3 Å². The number of thiazole rings is 1. The van der Waals surface area contributed by atoms with Crippen LogP contribution in [0.15, 0.2) is 65.1 Å². The highest BCUT2D eigenvalue weighted by Gasteiger charge is 2.15. The first-order valence-electron chi connectivity index (χ1n) is 7.96. The second-order valence-electron chi connectivity index (χ2n) is 5.80. The number of hydrogen-bond donors (Lipinski definition) is 2. The molecule has 7 heteroatoms. The van der Waals surface area contributed by atoms with Crippen molar-refractivity contribution in [2.45, 2.75) is 0 Å². The number of nitrogens with one attached hydrogen (secondary N) is 1. The Bertz CT molecular complexity index is 1140. The monoisotopic (exact) mass is 458 g/mol. The molecule has 1 aromatic heterocycles. The third kappa shape index (κ3) is 3.69. The first kappa shape index (κ1) is 18.0. The molecule has 4 aromatic rings. The van der Waals surface area contributed by atoms with Gasteiger partial charge in [-0.15, -0.1) is 11.3 Å². The lowest BCUT2D eigenvalue weighted by molar-refractivity contribution is 0.102. The molecule has 1 amide bonds. The molecule has 0 spiro atoms. The molecular formula is C20H12BrClN2O2S. The van der Waals surface area contributed by atoms with Crippen LogP contribution in [0, 0.1) is 0 Å². The maximum Gasteiger partial charge on any atom is 0.257 e. The zero-order valence-corrected chi connectivity index (χ0v) is 16.9. The van der Waals surface area contributed by atoms with Gasteiger partial charge in [-0.2, -0.15) is 0 Å². The van der Waals surface area contributed by atoms with E-state index < -0.39 is 0 Å². The quantitative estimate of drug-likeness (QED) is 0.352. The van der Waals surface area contributed by atoms with Gasteiger partial charge >= 0.3 is 0 Å². The van der Waals surface area contributed by atoms with E-state index in [1.807, 2.05) is 24.3 Å². The molecular weight excluding hydrogens is 448 g/mol. The largest absolute Gasteiger partial charge is 0.507 e. The van der Waals surface area contributed by atoms with Gasteiger partial charge in [0.15, 0.2) is 0 Å². The Labute approximate surface area is 172 Å². The van der Waals surface area contributed by atoms with E-state index in [4.69, 9.17) is 11.6 Å². The average molecular weight is 460 g/mol. The Morgan fingerprint density at radius 1 is 1.11 bits per heavy atom. The van der Waals surface area contributed by atoms with Crippen molar-refractivity contribution in [1.29, 1.82) is 0 Å². The fraction of sp³-hybridized carbons (Fsp3) is 0. The number of benzene rings is 3. The molecule has 4 nitrogen and oxygen atoms in total. The minimum absolute atomic E-state index is 0.104. The molecule has 27 heavy (non-hydrogen) atoms. The predicted octanol–water partition coefficient (Wildman–Crippen LogP) is 6.34. The zero-order chi connectivity index (χ0) is 19.0. The predicted molar refractivity (Wildman–Crippen MR) is 114 cm³/mol. The molecule has 0 radical (unpaired) electrons. The number of para-hydroxylation sites is 1. The van der Waals surface area contributed by atoms with Crippen LogP contribution in [0.2, 0.25) is 5.02 Å². The molecule has 0 unspecified atom stereocenters. The van der Waals surface area contributed by atoms with Gasteiger partial charge in [0, 0.05) is 10.2 Å². The van der Waals surface area contributed by atoms with E-state index in [0.29, 0.717) is 26.8 Å². The fourth-order valence-corrected chi connectivity index (χ4v) is 4.20. The van der Waals surface area contributed by atoms with Crippen molar-refractivity contribution in [2.75, 3.05) is 5.32 Å². The van der Waals surface area contributed by atoms with Crippen LogP contribution in [0.25, 0.3) is 20.8 Å². The van der Waals surface area contributed by atoms with Crippen molar-refractivity contribution >= 4 is 60.7 Å². The summed E-state index contributed by atoms with van der Waals surface area (Å²) >= 11 is 10.9. The van der Waals surface area contributed by atoms with Crippen molar-refractivity contribution in [1.82, 2.24) is 4.98 Å². The van der Waals surface area contributed by atoms with Gasteiger partial charge in [-0.05, 0) is 48.5 Å². The summed E-state index contributed by atoms with van der Waals surface area (Å²) in [4.78, 5) is 17.1. The van der Waals surface area contributed by atoms with E-state index in [2.05, 4.69) is 26.2 Å². The normalized spacial score (nSPS) is 10.9. The minimum atomic E-state index is -0.331. The molecule has 0 atom stereocenters. The lowest BCUT2D eigenvalue weighted by Gasteiger charge is -2.09. The number of phenols is 1. The van der Waals surface area contributed by atoms with E-state index in [-0.39, 0.29) is 11.7 Å². The molecule has 0 aliphatic carbocycles. The summed E-state index contributed by atoms with van der Waals surface area (Å²) in [7, 11) is 0. The number of anilines is 1. The van der Waals surface area contributed by atoms with Gasteiger partial charge in [0.25, 0.3) is 5.91 Å². The van der Waals surface area contributed by atoms with Crippen molar-refractivity contribution in [2.24, 2.45) is 0 Å². The first-order valence-corrected chi connectivity index (χ1v) is 9.95. The summed E-state index contributed by atoms with van der Waals surface area (Å²) in [6, 6.07) is 17.7. The molecule has 2 N–H and O–H groups in total. The Balaban J connectivity index is 1.68. The van der Waals surface area contributed by atoms with Gasteiger partial charge in [-0.25, -0.2) is 4.98 Å². The molecule has 0 aliphatic rings. The molecule has 0 saturated carbocycles. The summed E-state index contributed by atoms with van der Waals surface area (Å²) < 4.78 is 1.79. The maximum atomic E-state index is 12.6. The Kier molecular flexibility index (Phi) is 4.86. The van der Waals surface area contributed by atoms with Gasteiger partial charge < -0.3 is 10.4 Å². The van der Waals surface area contributed by atoms with Crippen LogP contribution in [0.5, 0.6) is 5.75 Å². The number of rotatable bonds is 3. The lowest BCUT2D eigenvalue weighted by atomic mass is 10.1. The average Bonchev–Trinajstić information content (AvgIpc) is 3.09. The number of aromatic nitrogens is 1. The summed E-state index contributed by atoms with van der Waals surface area (Å²) in [5.41, 5.74) is 2.34. The van der Waals surface area contributed by atoms with E-state index >= 15 is 0 Å². The summed E-state index contributed by atoms with van der Waals surface area (Å²) in [5.74, 6) is -0.227. The number of carbonyl (C=O) groups excluding carboxylic acids is 1. The standard InChI is InChI=1S/C20H12BrClN2O2S/c21-11-5-7-15(22)13(9-11)19(26)23-12-6-8-17(25)14(10-12)20-24-16-3-1-2-4-18(16)27-20/h1-10,25H,(H,23,26). The Hall–Kier alpha value is -2.41. The number of amides is 1. The smallest absolute Gasteiger partial charge is 0.257 e. The second-order valence-corrected chi connectivity index (χ2v) is 8.15. The topological polar surface area (TPSA) is 62.2 Å². The molecule has 0 fully saturated rings. The highest BCUT2D eigenvalue weighted by Crippen LogP contribution is 2.37. The second kappa shape index (κ2) is 7.31. The zero-order valence-electron chi connectivity index (χ0n) is 13.7. The number of fused-ring (bicyclic) bond motifs is 1. The van der Waals surface area contributed by atoms with Crippen LogP contribution >= 0.6 is 38.9 Å². The van der Waals surface area contributed by atoms with Crippen molar-refractivity contribution in [3.05, 3.63) is 75.7 Å². The molecule has 134 valence electrons. The molecule has 3 aromatic carbocycles. The summed E-state index contributed by atoms with van der Waals surface area (Å²) in [6.07, 6.45) is 0. The van der Waals surface area contributed by atoms with Gasteiger partial charge in [0.05, 0.1) is 26.4 Å². The highest BCUT2D eigenvalue weighted by molar-refractivity contribution is 9.10. The Morgan fingerprint density at radius 3 is 2.74 bits per heavy atom. The van der Waals surface area contributed by atoms with Gasteiger partial charge in [-0.3, -0.25) is 4.79 Å². The molecule has 0 aliphatic heterocycles. The summed E-state index contributed by atoms with van der Waals surface area (Å²) in [6.45, 7) is 0. The third-order valence-corrected chi connectivity index (χ3v) is 5.84. The number of phenolic OH excluding ortho intramolecular Hbond substituents is 1. The fourth-order valence-electron chi connectivity index (χ4n) is 2.64. The van der Waals surface area contributed by atoms with Crippen LogP contribution < -0.4 is 5.32 Å². The van der Waals surface area contributed by atoms with E-state index in [1.54, 1.807) is 36.4 Å². The lowest BCUT2D eigenvalue weighted by Crippen LogP contribution is -2.12. The van der Waals surface area contributed by atoms with E-state index in [0.717, 1.165) is 14.7 Å². The third-order valence-electron chi connectivity index (χ3n) is 3.95. The minimum Gasteiger partial charge on any atom is -0.507 e. The van der Waals surface area contributed by atoms with Gasteiger partial charge in [0.2, 0.25) is 0 Å². The van der Waals surface area contributed by atoms with Gasteiger partial charge in [-0.1, -0.05) is 39.7 Å². The number of aromatic hydroxyl groups is 1. The maximum absolute atomic E-state index is 12.6. The van der Waals surface area contributed by atoms with Crippen LogP contribution in [0.3, 0.4) is 0 Å². The van der Waals surface area contributed by atoms with Crippen molar-refractivity contribution < 1.29 is 9.90 Å². The first-order chi connectivity index (χ1) is 13.0. The Morgan fingerprint density at radius 2 is 1.93 bits per heavy atom. The molecule has 4 rings (SSSR count). The number of halogens is 2. The molecule has 1 heterocycles. The van der Waals surface area contributed by atoms with Crippen molar-refractivity contribution in [3.8, 4) is 16.3 Å². The van der Waals surface area contributed by atoms with Crippen molar-refractivity contribution in [3.63, 3.8) is 0 Å². The SMILES string of the molecule is O=C(Nc1ccc(O)c(-c2nc3ccccc3s2)c1)c1cc(Br)ccc1Cl. The summed E-state index contributed by atoms with van der Waals surface area (Å²) in [5, 5.41) is 14.1. The molecule has 0 bridgehead atoms.